The van der Waals surface area contributed by atoms with Gasteiger partial charge in [-0.2, -0.15) is 0 Å². The molecule has 1 atom stereocenters. The molecule has 1 unspecified atom stereocenters. The number of halogens is 2. The molecule has 0 aromatic carbocycles. The third-order valence-corrected chi connectivity index (χ3v) is 6.24. The fraction of sp³-hybridized carbons (Fsp3) is 0.524. The summed E-state index contributed by atoms with van der Waals surface area (Å²) < 4.78 is 34.8. The van der Waals surface area contributed by atoms with Crippen LogP contribution in [0.1, 0.15) is 67.9 Å². The maximum atomic E-state index is 13.8. The summed E-state index contributed by atoms with van der Waals surface area (Å²) in [5.41, 5.74) is 3.84. The summed E-state index contributed by atoms with van der Waals surface area (Å²) in [6, 6.07) is 1.60. The zero-order valence-electron chi connectivity index (χ0n) is 16.9. The highest BCUT2D eigenvalue weighted by molar-refractivity contribution is 5.81. The van der Waals surface area contributed by atoms with Crippen LogP contribution in [0.15, 0.2) is 16.8 Å². The minimum atomic E-state index is -2.61. The molecule has 1 saturated heterocycles. The van der Waals surface area contributed by atoms with Crippen LogP contribution in [0.5, 0.6) is 0 Å². The lowest BCUT2D eigenvalue weighted by molar-refractivity contribution is -0.119. The first-order chi connectivity index (χ1) is 14.3. The predicted molar refractivity (Wildman–Crippen MR) is 105 cm³/mol. The number of fused-ring (bicyclic) bond motifs is 1. The van der Waals surface area contributed by atoms with Crippen LogP contribution < -0.4 is 5.32 Å². The van der Waals surface area contributed by atoms with Gasteiger partial charge in [-0.25, -0.2) is 18.7 Å². The van der Waals surface area contributed by atoms with E-state index in [4.69, 9.17) is 9.51 Å². The number of pyridine rings is 1. The smallest absolute Gasteiger partial charge is 0.248 e. The molecule has 4 heterocycles. The molecule has 1 amide bonds. The number of nitrogens with one attached hydrogen (secondary N) is 1. The van der Waals surface area contributed by atoms with Gasteiger partial charge < -0.3 is 14.4 Å². The molecule has 1 N–H and O–H groups in total. The topological polar surface area (TPSA) is 85.8 Å². The second-order valence-electron chi connectivity index (χ2n) is 8.35. The molecule has 7 nitrogen and oxygen atoms in total. The zero-order chi connectivity index (χ0) is 21.0. The number of amides is 1. The number of imidazole rings is 1. The predicted octanol–water partition coefficient (Wildman–Crippen LogP) is 4.40. The standard InChI is InChI=1S/C21H23F2N5O2/c1-11-18(12(2)30-27-11)13-9-16-19(24-10-13)28(14-5-7-21(22,23)8-6-14)20(26-16)15-3-4-17(29)25-15/h9-10,14-15H,3-8H2,1-2H3,(H,25,29). The fourth-order valence-electron chi connectivity index (χ4n) is 4.73. The Hall–Kier alpha value is -2.84. The van der Waals surface area contributed by atoms with Crippen LogP contribution >= 0.6 is 0 Å². The Morgan fingerprint density at radius 2 is 2.00 bits per heavy atom. The largest absolute Gasteiger partial charge is 0.361 e. The van der Waals surface area contributed by atoms with Gasteiger partial charge in [0, 0.05) is 42.6 Å². The number of hydrogen-bond acceptors (Lipinski definition) is 5. The molecule has 0 radical (unpaired) electrons. The van der Waals surface area contributed by atoms with Gasteiger partial charge in [-0.1, -0.05) is 5.16 Å². The number of rotatable bonds is 3. The highest BCUT2D eigenvalue weighted by atomic mass is 19.3. The van der Waals surface area contributed by atoms with Crippen LogP contribution in [0.25, 0.3) is 22.3 Å². The molecule has 2 aliphatic rings. The lowest BCUT2D eigenvalue weighted by atomic mass is 9.92. The first kappa shape index (κ1) is 19.1. The molecular weight excluding hydrogens is 392 g/mol. The van der Waals surface area contributed by atoms with E-state index in [9.17, 15) is 13.6 Å². The summed E-state index contributed by atoms with van der Waals surface area (Å²) in [5, 5.41) is 6.97. The summed E-state index contributed by atoms with van der Waals surface area (Å²) in [6.45, 7) is 3.72. The Kier molecular flexibility index (Phi) is 4.37. The minimum Gasteiger partial charge on any atom is -0.361 e. The van der Waals surface area contributed by atoms with Crippen molar-refractivity contribution in [3.05, 3.63) is 29.5 Å². The third kappa shape index (κ3) is 3.16. The van der Waals surface area contributed by atoms with Crippen molar-refractivity contribution >= 4 is 17.1 Å². The molecule has 2 fully saturated rings. The second-order valence-corrected chi connectivity index (χ2v) is 8.35. The second kappa shape index (κ2) is 6.85. The van der Waals surface area contributed by atoms with Crippen molar-refractivity contribution in [2.45, 2.75) is 70.4 Å². The maximum Gasteiger partial charge on any atom is 0.248 e. The van der Waals surface area contributed by atoms with Crippen LogP contribution in [0.4, 0.5) is 8.78 Å². The van der Waals surface area contributed by atoms with Gasteiger partial charge in [-0.15, -0.1) is 0 Å². The minimum absolute atomic E-state index is 0.0156. The Morgan fingerprint density at radius 1 is 1.23 bits per heavy atom. The molecule has 9 heteroatoms. The number of carbonyl (C=O) groups is 1. The first-order valence-electron chi connectivity index (χ1n) is 10.3. The number of alkyl halides is 2. The molecular formula is C21H23F2N5O2. The van der Waals surface area contributed by atoms with E-state index < -0.39 is 5.92 Å². The summed E-state index contributed by atoms with van der Waals surface area (Å²) in [7, 11) is 0. The Labute approximate surface area is 171 Å². The van der Waals surface area contributed by atoms with Gasteiger partial charge in [0.1, 0.15) is 17.1 Å². The molecule has 30 heavy (non-hydrogen) atoms. The molecule has 1 saturated carbocycles. The van der Waals surface area contributed by atoms with Crippen LogP contribution in [-0.4, -0.2) is 31.5 Å². The quantitative estimate of drug-likeness (QED) is 0.685. The monoisotopic (exact) mass is 415 g/mol. The summed E-state index contributed by atoms with van der Waals surface area (Å²) in [5.74, 6) is -1.23. The molecule has 5 rings (SSSR count). The molecule has 158 valence electrons. The van der Waals surface area contributed by atoms with Crippen molar-refractivity contribution < 1.29 is 18.1 Å². The summed E-state index contributed by atoms with van der Waals surface area (Å²) in [6.07, 6.45) is 3.26. The van der Waals surface area contributed by atoms with Gasteiger partial charge in [0.25, 0.3) is 0 Å². The van der Waals surface area contributed by atoms with E-state index in [0.717, 1.165) is 16.8 Å². The molecule has 1 aliphatic carbocycles. The van der Waals surface area contributed by atoms with Crippen LogP contribution in [-0.2, 0) is 4.79 Å². The fourth-order valence-corrected chi connectivity index (χ4v) is 4.73. The lowest BCUT2D eigenvalue weighted by Gasteiger charge is -2.31. The molecule has 0 bridgehead atoms. The van der Waals surface area contributed by atoms with E-state index >= 15 is 0 Å². The Morgan fingerprint density at radius 3 is 2.63 bits per heavy atom. The Balaban J connectivity index is 1.62. The molecule has 1 aliphatic heterocycles. The van der Waals surface area contributed by atoms with E-state index in [0.29, 0.717) is 48.4 Å². The van der Waals surface area contributed by atoms with Crippen LogP contribution in [0.2, 0.25) is 0 Å². The summed E-state index contributed by atoms with van der Waals surface area (Å²) in [4.78, 5) is 21.3. The summed E-state index contributed by atoms with van der Waals surface area (Å²) >= 11 is 0. The van der Waals surface area contributed by atoms with Crippen molar-refractivity contribution in [1.29, 1.82) is 0 Å². The molecule has 3 aromatic rings. The van der Waals surface area contributed by atoms with Crippen LogP contribution in [0, 0.1) is 13.8 Å². The number of carbonyl (C=O) groups excluding carboxylic acids is 1. The third-order valence-electron chi connectivity index (χ3n) is 6.24. The van der Waals surface area contributed by atoms with Gasteiger partial charge in [0.2, 0.25) is 11.8 Å². The van der Waals surface area contributed by atoms with Gasteiger partial charge in [0.15, 0.2) is 5.65 Å². The number of aryl methyl sites for hydroxylation is 2. The van der Waals surface area contributed by atoms with Gasteiger partial charge in [-0.3, -0.25) is 4.79 Å². The van der Waals surface area contributed by atoms with E-state index in [1.54, 1.807) is 6.20 Å². The Bertz CT molecular complexity index is 1110. The number of aromatic nitrogens is 4. The van der Waals surface area contributed by atoms with Gasteiger partial charge >= 0.3 is 0 Å². The SMILES string of the molecule is Cc1noc(C)c1-c1cnc2c(c1)nc(C1CCC(=O)N1)n2C1CCC(F)(F)CC1. The van der Waals surface area contributed by atoms with Crippen molar-refractivity contribution in [2.24, 2.45) is 0 Å². The number of nitrogens with zero attached hydrogens (tertiary/aromatic N) is 4. The molecule has 3 aromatic heterocycles. The van der Waals surface area contributed by atoms with Crippen LogP contribution in [0.3, 0.4) is 0 Å². The maximum absolute atomic E-state index is 13.8. The van der Waals surface area contributed by atoms with E-state index in [1.165, 1.54) is 0 Å². The van der Waals surface area contributed by atoms with E-state index in [2.05, 4.69) is 15.5 Å². The molecule has 0 spiro atoms. The van der Waals surface area contributed by atoms with Crippen molar-refractivity contribution in [1.82, 2.24) is 25.0 Å². The highest BCUT2D eigenvalue weighted by Gasteiger charge is 2.38. The van der Waals surface area contributed by atoms with Crippen molar-refractivity contribution in [2.75, 3.05) is 0 Å². The normalized spacial score (nSPS) is 22.0. The highest BCUT2D eigenvalue weighted by Crippen LogP contribution is 2.41. The average molecular weight is 415 g/mol. The van der Waals surface area contributed by atoms with E-state index in [-0.39, 0.29) is 30.8 Å². The first-order valence-corrected chi connectivity index (χ1v) is 10.3. The lowest BCUT2D eigenvalue weighted by Crippen LogP contribution is -2.29. The van der Waals surface area contributed by atoms with Crippen molar-refractivity contribution in [3.8, 4) is 11.1 Å². The number of hydrogen-bond donors (Lipinski definition) is 1. The van der Waals surface area contributed by atoms with E-state index in [1.807, 2.05) is 24.5 Å². The van der Waals surface area contributed by atoms with Crippen molar-refractivity contribution in [3.63, 3.8) is 0 Å². The zero-order valence-corrected chi connectivity index (χ0v) is 16.9. The van der Waals surface area contributed by atoms with Gasteiger partial charge in [-0.05, 0) is 39.2 Å². The average Bonchev–Trinajstić information content (AvgIpc) is 3.38. The van der Waals surface area contributed by atoms with Gasteiger partial charge in [0.05, 0.1) is 11.7 Å².